The van der Waals surface area contributed by atoms with Crippen LogP contribution in [-0.2, 0) is 0 Å². The maximum absolute atomic E-state index is 13.1. The molecule has 2 saturated heterocycles. The van der Waals surface area contributed by atoms with E-state index in [1.54, 1.807) is 0 Å². The van der Waals surface area contributed by atoms with Crippen molar-refractivity contribution in [3.05, 3.63) is 54.1 Å². The van der Waals surface area contributed by atoms with E-state index in [1.165, 1.54) is 12.1 Å². The average molecular weight is 397 g/mol. The molecule has 0 unspecified atom stereocenters. The Labute approximate surface area is 171 Å². The standard InChI is InChI=1S/C22H28FN5O/c1-2-25-9-11-28(12-10-25)22(29)21-8-7-20(17-24-21)27-15-13-26(14-16-27)19-5-3-18(23)4-6-19/h3-8,17H,2,9-16H2,1H3. The minimum absolute atomic E-state index is 0.0217. The average Bonchev–Trinajstić information content (AvgIpc) is 2.79. The second-order valence-corrected chi connectivity index (χ2v) is 7.58. The van der Waals surface area contributed by atoms with E-state index in [4.69, 9.17) is 0 Å². The number of carbonyl (C=O) groups excluding carboxylic acids is 1. The summed E-state index contributed by atoms with van der Waals surface area (Å²) in [6.07, 6.45) is 1.81. The highest BCUT2D eigenvalue weighted by atomic mass is 19.1. The van der Waals surface area contributed by atoms with Gasteiger partial charge >= 0.3 is 0 Å². The van der Waals surface area contributed by atoms with Crippen LogP contribution in [0.15, 0.2) is 42.6 Å². The molecule has 1 aromatic carbocycles. The predicted molar refractivity (Wildman–Crippen MR) is 113 cm³/mol. The number of amides is 1. The number of rotatable bonds is 4. The Morgan fingerprint density at radius 1 is 0.862 bits per heavy atom. The van der Waals surface area contributed by atoms with Crippen molar-refractivity contribution in [2.24, 2.45) is 0 Å². The zero-order valence-electron chi connectivity index (χ0n) is 16.9. The molecule has 0 saturated carbocycles. The fourth-order valence-electron chi connectivity index (χ4n) is 4.00. The third kappa shape index (κ3) is 4.50. The fraction of sp³-hybridized carbons (Fsp3) is 0.455. The molecule has 0 atom stereocenters. The van der Waals surface area contributed by atoms with Crippen LogP contribution in [-0.4, -0.2) is 79.6 Å². The van der Waals surface area contributed by atoms with E-state index in [2.05, 4.69) is 26.6 Å². The van der Waals surface area contributed by atoms with Gasteiger partial charge in [0.15, 0.2) is 0 Å². The molecule has 1 amide bonds. The van der Waals surface area contributed by atoms with Crippen LogP contribution in [0.1, 0.15) is 17.4 Å². The Balaban J connectivity index is 1.33. The molecule has 3 heterocycles. The van der Waals surface area contributed by atoms with Crippen LogP contribution in [0.3, 0.4) is 0 Å². The second kappa shape index (κ2) is 8.78. The summed E-state index contributed by atoms with van der Waals surface area (Å²) in [6.45, 7) is 10.0. The van der Waals surface area contributed by atoms with Crippen molar-refractivity contribution in [1.82, 2.24) is 14.8 Å². The van der Waals surface area contributed by atoms with Crippen molar-refractivity contribution < 1.29 is 9.18 Å². The highest BCUT2D eigenvalue weighted by Crippen LogP contribution is 2.21. The summed E-state index contributed by atoms with van der Waals surface area (Å²) in [4.78, 5) is 25.9. The Bertz CT molecular complexity index is 810. The van der Waals surface area contributed by atoms with Gasteiger partial charge < -0.3 is 19.6 Å². The number of likely N-dealkylation sites (N-methyl/N-ethyl adjacent to an activating group) is 1. The van der Waals surface area contributed by atoms with Crippen molar-refractivity contribution >= 4 is 17.3 Å². The summed E-state index contributed by atoms with van der Waals surface area (Å²) in [5.41, 5.74) is 2.60. The van der Waals surface area contributed by atoms with Crippen LogP contribution in [0.5, 0.6) is 0 Å². The molecule has 0 bridgehead atoms. The van der Waals surface area contributed by atoms with Gasteiger partial charge in [-0.15, -0.1) is 0 Å². The number of pyridine rings is 1. The third-order valence-corrected chi connectivity index (χ3v) is 5.91. The lowest BCUT2D eigenvalue weighted by Crippen LogP contribution is -2.48. The van der Waals surface area contributed by atoms with Gasteiger partial charge in [-0.1, -0.05) is 6.92 Å². The van der Waals surface area contributed by atoms with Gasteiger partial charge in [-0.05, 0) is 42.9 Å². The Morgan fingerprint density at radius 2 is 1.45 bits per heavy atom. The van der Waals surface area contributed by atoms with Gasteiger partial charge in [0.25, 0.3) is 5.91 Å². The van der Waals surface area contributed by atoms with E-state index in [9.17, 15) is 9.18 Å². The van der Waals surface area contributed by atoms with Crippen LogP contribution in [0, 0.1) is 5.82 Å². The highest BCUT2D eigenvalue weighted by molar-refractivity contribution is 5.92. The molecule has 0 N–H and O–H groups in total. The molecule has 154 valence electrons. The molecule has 2 aliphatic heterocycles. The van der Waals surface area contributed by atoms with Crippen LogP contribution < -0.4 is 9.80 Å². The first-order valence-corrected chi connectivity index (χ1v) is 10.4. The topological polar surface area (TPSA) is 42.9 Å². The smallest absolute Gasteiger partial charge is 0.272 e. The first kappa shape index (κ1) is 19.6. The summed E-state index contributed by atoms with van der Waals surface area (Å²) < 4.78 is 13.1. The van der Waals surface area contributed by atoms with E-state index in [0.717, 1.165) is 70.3 Å². The first-order chi connectivity index (χ1) is 14.1. The molecule has 0 spiro atoms. The molecule has 1 aromatic heterocycles. The second-order valence-electron chi connectivity index (χ2n) is 7.58. The maximum atomic E-state index is 13.1. The van der Waals surface area contributed by atoms with E-state index in [-0.39, 0.29) is 11.7 Å². The van der Waals surface area contributed by atoms with Crippen molar-refractivity contribution in [3.8, 4) is 0 Å². The largest absolute Gasteiger partial charge is 0.368 e. The molecule has 29 heavy (non-hydrogen) atoms. The normalized spacial score (nSPS) is 18.2. The molecule has 2 aromatic rings. The molecule has 4 rings (SSSR count). The summed E-state index contributed by atoms with van der Waals surface area (Å²) in [5, 5.41) is 0. The molecule has 0 radical (unpaired) electrons. The lowest BCUT2D eigenvalue weighted by atomic mass is 10.2. The lowest BCUT2D eigenvalue weighted by molar-refractivity contribution is 0.0637. The van der Waals surface area contributed by atoms with E-state index < -0.39 is 0 Å². The number of hydrogen-bond acceptors (Lipinski definition) is 5. The van der Waals surface area contributed by atoms with Gasteiger partial charge in [-0.2, -0.15) is 0 Å². The van der Waals surface area contributed by atoms with Gasteiger partial charge in [0.1, 0.15) is 11.5 Å². The van der Waals surface area contributed by atoms with Crippen LogP contribution in [0.4, 0.5) is 15.8 Å². The maximum Gasteiger partial charge on any atom is 0.272 e. The van der Waals surface area contributed by atoms with E-state index in [1.807, 2.05) is 35.4 Å². The summed E-state index contributed by atoms with van der Waals surface area (Å²) >= 11 is 0. The summed E-state index contributed by atoms with van der Waals surface area (Å²) in [5.74, 6) is -0.186. The molecule has 0 aliphatic carbocycles. The predicted octanol–water partition coefficient (Wildman–Crippen LogP) is 2.33. The minimum atomic E-state index is -0.208. The van der Waals surface area contributed by atoms with Gasteiger partial charge in [0, 0.05) is 58.0 Å². The highest BCUT2D eigenvalue weighted by Gasteiger charge is 2.23. The van der Waals surface area contributed by atoms with Crippen molar-refractivity contribution in [2.75, 3.05) is 68.7 Å². The first-order valence-electron chi connectivity index (χ1n) is 10.4. The number of nitrogens with zero attached hydrogens (tertiary/aromatic N) is 5. The van der Waals surface area contributed by atoms with Gasteiger partial charge in [-0.25, -0.2) is 9.37 Å². The lowest BCUT2D eigenvalue weighted by Gasteiger charge is -2.37. The van der Waals surface area contributed by atoms with Gasteiger partial charge in [0.05, 0.1) is 11.9 Å². The summed E-state index contributed by atoms with van der Waals surface area (Å²) in [6, 6.07) is 10.5. The monoisotopic (exact) mass is 397 g/mol. The number of anilines is 2. The number of benzene rings is 1. The third-order valence-electron chi connectivity index (χ3n) is 5.91. The van der Waals surface area contributed by atoms with Crippen molar-refractivity contribution in [2.45, 2.75) is 6.92 Å². The minimum Gasteiger partial charge on any atom is -0.368 e. The van der Waals surface area contributed by atoms with E-state index in [0.29, 0.717) is 5.69 Å². The quantitative estimate of drug-likeness (QED) is 0.792. The Kier molecular flexibility index (Phi) is 5.94. The van der Waals surface area contributed by atoms with Gasteiger partial charge in [-0.3, -0.25) is 4.79 Å². The van der Waals surface area contributed by atoms with Gasteiger partial charge in [0.2, 0.25) is 0 Å². The van der Waals surface area contributed by atoms with Crippen LogP contribution in [0.2, 0.25) is 0 Å². The number of hydrogen-bond donors (Lipinski definition) is 0. The van der Waals surface area contributed by atoms with Crippen LogP contribution >= 0.6 is 0 Å². The Hall–Kier alpha value is -2.67. The molecule has 2 fully saturated rings. The summed E-state index contributed by atoms with van der Waals surface area (Å²) in [7, 11) is 0. The zero-order valence-corrected chi connectivity index (χ0v) is 16.9. The van der Waals surface area contributed by atoms with Crippen molar-refractivity contribution in [1.29, 1.82) is 0 Å². The fourth-order valence-corrected chi connectivity index (χ4v) is 4.00. The number of carbonyl (C=O) groups is 1. The SMILES string of the molecule is CCN1CCN(C(=O)c2ccc(N3CCN(c4ccc(F)cc4)CC3)cn2)CC1. The molecule has 2 aliphatic rings. The molecule has 6 nitrogen and oxygen atoms in total. The number of piperazine rings is 2. The molecular formula is C22H28FN5O. The number of aromatic nitrogens is 1. The molecular weight excluding hydrogens is 369 g/mol. The van der Waals surface area contributed by atoms with Crippen molar-refractivity contribution in [3.63, 3.8) is 0 Å². The van der Waals surface area contributed by atoms with E-state index >= 15 is 0 Å². The number of halogens is 1. The van der Waals surface area contributed by atoms with Crippen LogP contribution in [0.25, 0.3) is 0 Å². The Morgan fingerprint density at radius 3 is 2.00 bits per heavy atom. The molecule has 7 heteroatoms. The zero-order chi connectivity index (χ0) is 20.2.